The van der Waals surface area contributed by atoms with E-state index in [-0.39, 0.29) is 16.9 Å². The van der Waals surface area contributed by atoms with E-state index in [0.29, 0.717) is 29.6 Å². The maximum atomic E-state index is 13.1. The highest BCUT2D eigenvalue weighted by atomic mass is 32.2. The van der Waals surface area contributed by atoms with Crippen LogP contribution in [0.2, 0.25) is 0 Å². The van der Waals surface area contributed by atoms with Gasteiger partial charge < -0.3 is 5.11 Å². The first-order chi connectivity index (χ1) is 12.4. The Bertz CT molecular complexity index is 1030. The first-order valence-electron chi connectivity index (χ1n) is 8.35. The highest BCUT2D eigenvalue weighted by Crippen LogP contribution is 2.38. The van der Waals surface area contributed by atoms with E-state index in [4.69, 9.17) is 0 Å². The zero-order chi connectivity index (χ0) is 18.3. The lowest BCUT2D eigenvalue weighted by Gasteiger charge is -2.37. The van der Waals surface area contributed by atoms with Crippen molar-refractivity contribution in [1.29, 1.82) is 0 Å². The minimum absolute atomic E-state index is 0.00395. The molecule has 0 aliphatic heterocycles. The Morgan fingerprint density at radius 2 is 2.00 bits per heavy atom. The van der Waals surface area contributed by atoms with Crippen LogP contribution in [0.25, 0.3) is 11.0 Å². The van der Waals surface area contributed by atoms with Crippen LogP contribution in [0, 0.1) is 5.92 Å². The number of benzene rings is 1. The number of hydrogen-bond donors (Lipinski definition) is 2. The maximum Gasteiger partial charge on any atom is 0.243 e. The van der Waals surface area contributed by atoms with Crippen LogP contribution in [0.3, 0.4) is 0 Å². The largest absolute Gasteiger partial charge is 0.393 e. The number of fused-ring (bicyclic) bond motifs is 1. The van der Waals surface area contributed by atoms with Gasteiger partial charge in [-0.05, 0) is 43.0 Å². The Morgan fingerprint density at radius 1 is 1.19 bits per heavy atom. The van der Waals surface area contributed by atoms with Crippen molar-refractivity contribution >= 4 is 21.1 Å². The molecule has 1 aromatic carbocycles. The summed E-state index contributed by atoms with van der Waals surface area (Å²) < 4.78 is 28.9. The summed E-state index contributed by atoms with van der Waals surface area (Å²) in [5.41, 5.74) is 1.49. The molecule has 1 unspecified atom stereocenters. The number of pyridine rings is 1. The SMILES string of the molecule is Cn1nc2cccc(S(=O)(=O)NC(c3ccccn3)C3CC(O)C3)c2n1. The third-order valence-electron chi connectivity index (χ3n) is 4.67. The lowest BCUT2D eigenvalue weighted by molar-refractivity contribution is 0.0273. The van der Waals surface area contributed by atoms with Gasteiger partial charge in [0.05, 0.1) is 17.8 Å². The number of aliphatic hydroxyl groups excluding tert-OH is 1. The lowest BCUT2D eigenvalue weighted by atomic mass is 9.76. The van der Waals surface area contributed by atoms with Crippen molar-refractivity contribution in [3.8, 4) is 0 Å². The molecule has 1 saturated carbocycles. The number of aromatic nitrogens is 4. The molecule has 1 aliphatic rings. The normalized spacial score (nSPS) is 21.5. The molecule has 2 heterocycles. The summed E-state index contributed by atoms with van der Waals surface area (Å²) in [4.78, 5) is 5.75. The molecule has 2 aromatic heterocycles. The molecule has 0 spiro atoms. The van der Waals surface area contributed by atoms with Crippen molar-refractivity contribution in [2.45, 2.75) is 29.9 Å². The van der Waals surface area contributed by atoms with Gasteiger partial charge in [0.25, 0.3) is 0 Å². The van der Waals surface area contributed by atoms with E-state index in [9.17, 15) is 13.5 Å². The van der Waals surface area contributed by atoms with Crippen LogP contribution in [0.4, 0.5) is 0 Å². The van der Waals surface area contributed by atoms with Gasteiger partial charge in [0, 0.05) is 13.2 Å². The van der Waals surface area contributed by atoms with Crippen molar-refractivity contribution in [2.24, 2.45) is 13.0 Å². The van der Waals surface area contributed by atoms with Crippen molar-refractivity contribution in [3.05, 3.63) is 48.3 Å². The molecule has 26 heavy (non-hydrogen) atoms. The third kappa shape index (κ3) is 3.09. The van der Waals surface area contributed by atoms with Crippen LogP contribution in [0.5, 0.6) is 0 Å². The summed E-state index contributed by atoms with van der Waals surface area (Å²) >= 11 is 0. The van der Waals surface area contributed by atoms with Crippen LogP contribution in [0.1, 0.15) is 24.6 Å². The van der Waals surface area contributed by atoms with E-state index >= 15 is 0 Å². The van der Waals surface area contributed by atoms with Gasteiger partial charge in [-0.2, -0.15) is 15.0 Å². The summed E-state index contributed by atoms with van der Waals surface area (Å²) in [5.74, 6) is -0.00395. The summed E-state index contributed by atoms with van der Waals surface area (Å²) in [5, 5.41) is 18.0. The molecule has 1 atom stereocenters. The first kappa shape index (κ1) is 17.1. The van der Waals surface area contributed by atoms with E-state index in [2.05, 4.69) is 19.9 Å². The Morgan fingerprint density at radius 3 is 2.69 bits per heavy atom. The molecule has 1 fully saturated rings. The van der Waals surface area contributed by atoms with Crippen molar-refractivity contribution in [3.63, 3.8) is 0 Å². The molecule has 3 aromatic rings. The second kappa shape index (κ2) is 6.42. The molecule has 2 N–H and O–H groups in total. The fourth-order valence-electron chi connectivity index (χ4n) is 3.32. The van der Waals surface area contributed by atoms with Crippen molar-refractivity contribution in [1.82, 2.24) is 24.7 Å². The molecule has 0 radical (unpaired) electrons. The van der Waals surface area contributed by atoms with E-state index < -0.39 is 16.1 Å². The quantitative estimate of drug-likeness (QED) is 0.694. The smallest absolute Gasteiger partial charge is 0.243 e. The van der Waals surface area contributed by atoms with Gasteiger partial charge >= 0.3 is 0 Å². The zero-order valence-corrected chi connectivity index (χ0v) is 15.0. The number of hydrogen-bond acceptors (Lipinski definition) is 6. The van der Waals surface area contributed by atoms with Gasteiger partial charge in [-0.1, -0.05) is 12.1 Å². The fraction of sp³-hybridized carbons (Fsp3) is 0.353. The van der Waals surface area contributed by atoms with Crippen LogP contribution in [-0.4, -0.2) is 39.6 Å². The number of aliphatic hydroxyl groups is 1. The molecule has 4 rings (SSSR count). The molecule has 8 nitrogen and oxygen atoms in total. The van der Waals surface area contributed by atoms with Gasteiger partial charge in [0.15, 0.2) is 0 Å². The molecule has 1 aliphatic carbocycles. The number of sulfonamides is 1. The van der Waals surface area contributed by atoms with E-state index in [1.165, 1.54) is 10.9 Å². The minimum atomic E-state index is -3.85. The predicted octanol–water partition coefficient (Wildman–Crippen LogP) is 1.15. The number of nitrogens with one attached hydrogen (secondary N) is 1. The maximum absolute atomic E-state index is 13.1. The highest BCUT2D eigenvalue weighted by Gasteiger charge is 2.38. The summed E-state index contributed by atoms with van der Waals surface area (Å²) in [6, 6.07) is 9.78. The highest BCUT2D eigenvalue weighted by molar-refractivity contribution is 7.89. The van der Waals surface area contributed by atoms with Crippen LogP contribution in [-0.2, 0) is 17.1 Å². The molecule has 0 bridgehead atoms. The van der Waals surface area contributed by atoms with Crippen LogP contribution in [0.15, 0.2) is 47.5 Å². The standard InChI is InChI=1S/C17H19N5O3S/c1-22-19-14-6-4-7-15(17(14)20-22)26(24,25)21-16(11-9-12(23)10-11)13-5-2-3-8-18-13/h2-8,11-12,16,21,23H,9-10H2,1H3. The predicted molar refractivity (Wildman–Crippen MR) is 94.5 cm³/mol. The minimum Gasteiger partial charge on any atom is -0.393 e. The summed E-state index contributed by atoms with van der Waals surface area (Å²) in [6.07, 6.45) is 2.33. The van der Waals surface area contributed by atoms with Gasteiger partial charge in [0.1, 0.15) is 15.9 Å². The number of rotatable bonds is 5. The zero-order valence-electron chi connectivity index (χ0n) is 14.1. The van der Waals surface area contributed by atoms with E-state index in [0.717, 1.165) is 0 Å². The van der Waals surface area contributed by atoms with Gasteiger partial charge in [-0.15, -0.1) is 0 Å². The second-order valence-corrected chi connectivity index (χ2v) is 8.23. The molecule has 0 saturated heterocycles. The monoisotopic (exact) mass is 373 g/mol. The molecule has 9 heteroatoms. The summed E-state index contributed by atoms with van der Waals surface area (Å²) in [6.45, 7) is 0. The van der Waals surface area contributed by atoms with E-state index in [1.807, 2.05) is 6.07 Å². The molecule has 136 valence electrons. The number of nitrogens with zero attached hydrogens (tertiary/aromatic N) is 4. The first-order valence-corrected chi connectivity index (χ1v) is 9.84. The Hall–Kier alpha value is -2.36. The van der Waals surface area contributed by atoms with Crippen LogP contribution < -0.4 is 4.72 Å². The summed E-state index contributed by atoms with van der Waals surface area (Å²) in [7, 11) is -2.20. The van der Waals surface area contributed by atoms with Crippen molar-refractivity contribution in [2.75, 3.05) is 0 Å². The van der Waals surface area contributed by atoms with Crippen molar-refractivity contribution < 1.29 is 13.5 Å². The third-order valence-corrected chi connectivity index (χ3v) is 6.15. The Labute approximate surface area is 150 Å². The average Bonchev–Trinajstić information content (AvgIpc) is 2.98. The Balaban J connectivity index is 1.72. The van der Waals surface area contributed by atoms with E-state index in [1.54, 1.807) is 37.5 Å². The average molecular weight is 373 g/mol. The lowest BCUT2D eigenvalue weighted by Crippen LogP contribution is -2.41. The van der Waals surface area contributed by atoms with Gasteiger partial charge in [-0.25, -0.2) is 13.1 Å². The van der Waals surface area contributed by atoms with Crippen LogP contribution >= 0.6 is 0 Å². The molecule has 0 amide bonds. The Kier molecular flexibility index (Phi) is 4.22. The van der Waals surface area contributed by atoms with Gasteiger partial charge in [-0.3, -0.25) is 4.98 Å². The van der Waals surface area contributed by atoms with Gasteiger partial charge in [0.2, 0.25) is 10.0 Å². The topological polar surface area (TPSA) is 110 Å². The number of aryl methyl sites for hydroxylation is 1. The molecular weight excluding hydrogens is 354 g/mol. The second-order valence-electron chi connectivity index (χ2n) is 6.55. The fourth-order valence-corrected chi connectivity index (χ4v) is 4.75. The molecular formula is C17H19N5O3S.